The Morgan fingerprint density at radius 1 is 0.688 bits per heavy atom. The maximum absolute atomic E-state index is 12.3. The van der Waals surface area contributed by atoms with Gasteiger partial charge in [0, 0.05) is 64.5 Å². The summed E-state index contributed by atoms with van der Waals surface area (Å²) < 4.78 is 16.2. The Balaban J connectivity index is 3.15. The average molecular weight is 681 g/mol. The molecule has 0 aliphatic carbocycles. The molecule has 3 amide bonds. The second-order valence-corrected chi connectivity index (χ2v) is 14.9. The monoisotopic (exact) mass is 680 g/mol. The van der Waals surface area contributed by atoms with Crippen LogP contribution in [0.3, 0.4) is 0 Å². The number of carbonyl (C=O) groups excluding carboxylic acids is 3. The summed E-state index contributed by atoms with van der Waals surface area (Å²) in [7, 11) is 0. The van der Waals surface area contributed by atoms with Crippen LogP contribution in [-0.2, 0) is 20.6 Å². The third-order valence-electron chi connectivity index (χ3n) is 6.53. The Bertz CT molecular complexity index is 1110. The van der Waals surface area contributed by atoms with Gasteiger partial charge in [0.05, 0.1) is 4.92 Å². The predicted octanol–water partition coefficient (Wildman–Crippen LogP) is 5.34. The largest absolute Gasteiger partial charge is 0.444 e. The molecule has 0 aliphatic rings. The molecule has 14 heteroatoms. The van der Waals surface area contributed by atoms with Gasteiger partial charge in [-0.1, -0.05) is 19.1 Å². The number of alkyl carbamates (subject to hydrolysis) is 3. The van der Waals surface area contributed by atoms with Crippen LogP contribution in [0.4, 0.5) is 20.1 Å². The van der Waals surface area contributed by atoms with E-state index in [1.165, 1.54) is 12.1 Å². The molecule has 0 spiro atoms. The van der Waals surface area contributed by atoms with Gasteiger partial charge >= 0.3 is 18.3 Å². The van der Waals surface area contributed by atoms with Crippen LogP contribution in [0.1, 0.15) is 81.2 Å². The van der Waals surface area contributed by atoms with E-state index < -0.39 is 40.0 Å². The Kier molecular flexibility index (Phi) is 17.7. The van der Waals surface area contributed by atoms with Crippen LogP contribution < -0.4 is 16.0 Å². The molecule has 3 N–H and O–H groups in total. The number of non-ortho nitro benzene ring substituents is 1. The lowest BCUT2D eigenvalue weighted by atomic mass is 9.97. The maximum atomic E-state index is 12.3. The number of carbonyl (C=O) groups is 3. The van der Waals surface area contributed by atoms with Crippen molar-refractivity contribution in [3.8, 4) is 0 Å². The van der Waals surface area contributed by atoms with Crippen molar-refractivity contribution >= 4 is 24.0 Å². The van der Waals surface area contributed by atoms with E-state index in [-0.39, 0.29) is 11.6 Å². The van der Waals surface area contributed by atoms with E-state index in [0.29, 0.717) is 58.8 Å². The maximum Gasteiger partial charge on any atom is 0.407 e. The van der Waals surface area contributed by atoms with Crippen molar-refractivity contribution in [1.82, 2.24) is 25.8 Å². The standard InChI is InChI=1S/C34H60N6O8/c1-11-19-38(20-16-35-29(41)46-32(2,3)4)24-27(23-26-12-14-28(15-13-26)40(44)45)25-39(21-17-36-30(42)47-33(5,6)7)22-18-37-31(43)48-34(8,9)10/h12-15,27H,11,16-25H2,1-10H3,(H,35,41)(H,36,42)(H,37,43). The molecule has 1 aromatic carbocycles. The number of amides is 3. The van der Waals surface area contributed by atoms with Gasteiger partial charge in [0.1, 0.15) is 16.8 Å². The summed E-state index contributed by atoms with van der Waals surface area (Å²) in [6.45, 7) is 23.0. The third-order valence-corrected chi connectivity index (χ3v) is 6.53. The predicted molar refractivity (Wildman–Crippen MR) is 186 cm³/mol. The third kappa shape index (κ3) is 21.3. The Morgan fingerprint density at radius 3 is 1.35 bits per heavy atom. The lowest BCUT2D eigenvalue weighted by Crippen LogP contribution is -2.46. The lowest BCUT2D eigenvalue weighted by molar-refractivity contribution is -0.384. The van der Waals surface area contributed by atoms with Crippen molar-refractivity contribution in [3.63, 3.8) is 0 Å². The smallest absolute Gasteiger partial charge is 0.407 e. The number of nitro benzene ring substituents is 1. The highest BCUT2D eigenvalue weighted by molar-refractivity contribution is 5.68. The average Bonchev–Trinajstić information content (AvgIpc) is 2.90. The van der Waals surface area contributed by atoms with Crippen LogP contribution in [0.25, 0.3) is 0 Å². The molecule has 1 atom stereocenters. The first-order valence-corrected chi connectivity index (χ1v) is 16.7. The summed E-state index contributed by atoms with van der Waals surface area (Å²) in [6, 6.07) is 6.57. The molecule has 0 fully saturated rings. The molecule has 0 aromatic heterocycles. The zero-order valence-electron chi connectivity index (χ0n) is 30.8. The van der Waals surface area contributed by atoms with E-state index in [0.717, 1.165) is 18.5 Å². The van der Waals surface area contributed by atoms with E-state index in [4.69, 9.17) is 14.2 Å². The zero-order chi connectivity index (χ0) is 36.5. The summed E-state index contributed by atoms with van der Waals surface area (Å²) in [4.78, 5) is 52.2. The highest BCUT2D eigenvalue weighted by atomic mass is 16.6. The van der Waals surface area contributed by atoms with Gasteiger partial charge in [0.2, 0.25) is 0 Å². The molecule has 0 saturated heterocycles. The van der Waals surface area contributed by atoms with E-state index in [9.17, 15) is 24.5 Å². The molecule has 14 nitrogen and oxygen atoms in total. The molecule has 0 aliphatic heterocycles. The van der Waals surface area contributed by atoms with Gasteiger partial charge in [-0.15, -0.1) is 0 Å². The molecule has 0 heterocycles. The first-order valence-electron chi connectivity index (χ1n) is 16.7. The highest BCUT2D eigenvalue weighted by Gasteiger charge is 2.22. The molecule has 48 heavy (non-hydrogen) atoms. The second-order valence-electron chi connectivity index (χ2n) is 14.9. The van der Waals surface area contributed by atoms with Gasteiger partial charge in [-0.3, -0.25) is 15.0 Å². The normalized spacial score (nSPS) is 12.8. The van der Waals surface area contributed by atoms with Crippen molar-refractivity contribution in [2.75, 3.05) is 58.9 Å². The Labute approximate surface area is 286 Å². The minimum atomic E-state index is -0.627. The number of nitrogens with zero attached hydrogens (tertiary/aromatic N) is 3. The molecule has 0 radical (unpaired) electrons. The van der Waals surface area contributed by atoms with E-state index in [1.54, 1.807) is 53.7 Å². The van der Waals surface area contributed by atoms with Crippen LogP contribution in [0.2, 0.25) is 0 Å². The summed E-state index contributed by atoms with van der Waals surface area (Å²) in [5.41, 5.74) is -0.869. The Hall–Kier alpha value is -3.65. The summed E-state index contributed by atoms with van der Waals surface area (Å²) >= 11 is 0. The number of benzene rings is 1. The van der Waals surface area contributed by atoms with Gasteiger partial charge in [0.25, 0.3) is 5.69 Å². The molecular formula is C34H60N6O8. The second kappa shape index (κ2) is 20.0. The molecular weight excluding hydrogens is 620 g/mol. The van der Waals surface area contributed by atoms with Crippen LogP contribution >= 0.6 is 0 Å². The first-order chi connectivity index (χ1) is 22.2. The van der Waals surface area contributed by atoms with Crippen molar-refractivity contribution in [1.29, 1.82) is 0 Å². The SMILES string of the molecule is CCCN(CCNC(=O)OC(C)(C)C)CC(Cc1ccc([N+](=O)[O-])cc1)CN(CCNC(=O)OC(C)(C)C)CCNC(=O)OC(C)(C)C. The number of ether oxygens (including phenoxy) is 3. The quantitative estimate of drug-likeness (QED) is 0.105. The fraction of sp³-hybridized carbons (Fsp3) is 0.735. The van der Waals surface area contributed by atoms with Gasteiger partial charge < -0.3 is 35.1 Å². The number of nitrogens with one attached hydrogen (secondary N) is 3. The van der Waals surface area contributed by atoms with E-state index in [2.05, 4.69) is 32.7 Å². The van der Waals surface area contributed by atoms with Crippen molar-refractivity contribution in [2.24, 2.45) is 5.92 Å². The summed E-state index contributed by atoms with van der Waals surface area (Å²) in [5, 5.41) is 19.7. The molecule has 1 rings (SSSR count). The van der Waals surface area contributed by atoms with Crippen LogP contribution in [0, 0.1) is 16.0 Å². The molecule has 1 unspecified atom stereocenters. The van der Waals surface area contributed by atoms with Crippen molar-refractivity contribution in [2.45, 2.75) is 98.9 Å². The first kappa shape index (κ1) is 42.4. The number of hydrogen-bond donors (Lipinski definition) is 3. The summed E-state index contributed by atoms with van der Waals surface area (Å²) in [5.74, 6) is 0.0580. The van der Waals surface area contributed by atoms with Gasteiger partial charge in [-0.2, -0.15) is 0 Å². The number of nitro groups is 1. The molecule has 0 saturated carbocycles. The number of rotatable bonds is 18. The molecule has 0 bridgehead atoms. The zero-order valence-corrected chi connectivity index (χ0v) is 30.8. The molecule has 274 valence electrons. The van der Waals surface area contributed by atoms with Gasteiger partial charge in [-0.05, 0) is 93.2 Å². The van der Waals surface area contributed by atoms with E-state index in [1.807, 2.05) is 20.8 Å². The topological polar surface area (TPSA) is 165 Å². The number of hydrogen-bond acceptors (Lipinski definition) is 10. The van der Waals surface area contributed by atoms with E-state index >= 15 is 0 Å². The molecule has 1 aromatic rings. The van der Waals surface area contributed by atoms with Crippen molar-refractivity contribution < 1.29 is 33.5 Å². The van der Waals surface area contributed by atoms with Crippen LogP contribution in [0.15, 0.2) is 24.3 Å². The lowest BCUT2D eigenvalue weighted by Gasteiger charge is -2.32. The fourth-order valence-corrected chi connectivity index (χ4v) is 4.80. The van der Waals surface area contributed by atoms with Crippen LogP contribution in [0.5, 0.6) is 0 Å². The minimum Gasteiger partial charge on any atom is -0.444 e. The Morgan fingerprint density at radius 2 is 1.04 bits per heavy atom. The van der Waals surface area contributed by atoms with Crippen molar-refractivity contribution in [3.05, 3.63) is 39.9 Å². The minimum absolute atomic E-state index is 0.0270. The highest BCUT2D eigenvalue weighted by Crippen LogP contribution is 2.18. The summed E-state index contributed by atoms with van der Waals surface area (Å²) in [6.07, 6.45) is 0.0435. The van der Waals surface area contributed by atoms with Crippen LogP contribution in [-0.4, -0.2) is 109 Å². The fourth-order valence-electron chi connectivity index (χ4n) is 4.80. The van der Waals surface area contributed by atoms with Gasteiger partial charge in [0.15, 0.2) is 0 Å². The van der Waals surface area contributed by atoms with Gasteiger partial charge in [-0.25, -0.2) is 14.4 Å².